The van der Waals surface area contributed by atoms with Gasteiger partial charge < -0.3 is 10.2 Å². The molecular formula is C15H21BrN2O2S. The first-order chi connectivity index (χ1) is 9.53. The molecular weight excluding hydrogens is 352 g/mol. The maximum absolute atomic E-state index is 12.8. The molecule has 0 radical (unpaired) electrons. The molecule has 0 aliphatic carbocycles. The zero-order valence-corrected chi connectivity index (χ0v) is 15.4. The van der Waals surface area contributed by atoms with E-state index in [4.69, 9.17) is 0 Å². The van der Waals surface area contributed by atoms with Gasteiger partial charge in [-0.1, -0.05) is 20.8 Å². The first kappa shape index (κ1) is 16.5. The van der Waals surface area contributed by atoms with Crippen LogP contribution in [0.2, 0.25) is 0 Å². The lowest BCUT2D eigenvalue weighted by Gasteiger charge is -2.47. The number of hydrogen-bond donors (Lipinski definition) is 1. The molecule has 2 amide bonds. The van der Waals surface area contributed by atoms with E-state index in [2.05, 4.69) is 21.2 Å². The highest BCUT2D eigenvalue weighted by Gasteiger charge is 2.49. The lowest BCUT2D eigenvalue weighted by molar-refractivity contribution is -0.159. The Morgan fingerprint density at radius 3 is 2.43 bits per heavy atom. The molecule has 2 heterocycles. The summed E-state index contributed by atoms with van der Waals surface area (Å²) >= 11 is 5.02. The zero-order chi connectivity index (χ0) is 16.0. The second-order valence-corrected chi connectivity index (χ2v) is 9.51. The van der Waals surface area contributed by atoms with Crippen LogP contribution in [0.5, 0.6) is 0 Å². The van der Waals surface area contributed by atoms with Gasteiger partial charge in [-0.05, 0) is 47.3 Å². The molecule has 0 bridgehead atoms. The topological polar surface area (TPSA) is 49.4 Å². The fourth-order valence-electron chi connectivity index (χ4n) is 2.38. The number of nitrogens with one attached hydrogen (secondary N) is 1. The van der Waals surface area contributed by atoms with Crippen molar-refractivity contribution in [3.63, 3.8) is 0 Å². The molecule has 0 saturated carbocycles. The number of thiophene rings is 1. The lowest BCUT2D eigenvalue weighted by Crippen LogP contribution is -2.70. The van der Waals surface area contributed by atoms with E-state index in [0.717, 1.165) is 8.66 Å². The van der Waals surface area contributed by atoms with Crippen LogP contribution in [0, 0.1) is 5.41 Å². The van der Waals surface area contributed by atoms with E-state index in [0.29, 0.717) is 6.54 Å². The number of rotatable bonds is 2. The molecule has 1 aliphatic rings. The molecule has 1 N–H and O–H groups in total. The van der Waals surface area contributed by atoms with Crippen LogP contribution in [-0.4, -0.2) is 28.3 Å². The summed E-state index contributed by atoms with van der Waals surface area (Å²) in [5.41, 5.74) is -1.15. The summed E-state index contributed by atoms with van der Waals surface area (Å²) in [5.74, 6) is -0.116. The third kappa shape index (κ3) is 3.16. The number of nitrogens with zero attached hydrogens (tertiary/aromatic N) is 1. The van der Waals surface area contributed by atoms with Crippen molar-refractivity contribution in [1.29, 1.82) is 0 Å². The van der Waals surface area contributed by atoms with Crippen LogP contribution in [0.25, 0.3) is 0 Å². The van der Waals surface area contributed by atoms with Crippen LogP contribution in [-0.2, 0) is 16.1 Å². The SMILES string of the molecule is CC(C)(C)C1NC(=O)C(C)(C)N(Cc2ccc(Br)s2)C1=O. The minimum atomic E-state index is -0.838. The van der Waals surface area contributed by atoms with Crippen LogP contribution in [0.15, 0.2) is 15.9 Å². The van der Waals surface area contributed by atoms with E-state index in [1.54, 1.807) is 30.1 Å². The molecule has 1 unspecified atom stereocenters. The molecule has 1 aliphatic heterocycles. The van der Waals surface area contributed by atoms with Gasteiger partial charge in [0.15, 0.2) is 0 Å². The Hall–Kier alpha value is -0.880. The van der Waals surface area contributed by atoms with E-state index in [1.165, 1.54) is 0 Å². The van der Waals surface area contributed by atoms with E-state index in [-0.39, 0.29) is 17.2 Å². The van der Waals surface area contributed by atoms with Crippen molar-refractivity contribution in [2.45, 2.75) is 52.7 Å². The number of amides is 2. The van der Waals surface area contributed by atoms with Crippen molar-refractivity contribution < 1.29 is 9.59 Å². The molecule has 0 aromatic carbocycles. The van der Waals surface area contributed by atoms with E-state index >= 15 is 0 Å². The lowest BCUT2D eigenvalue weighted by atomic mass is 9.82. The fraction of sp³-hybridized carbons (Fsp3) is 0.600. The highest BCUT2D eigenvalue weighted by atomic mass is 79.9. The van der Waals surface area contributed by atoms with E-state index in [9.17, 15) is 9.59 Å². The molecule has 1 aromatic heterocycles. The van der Waals surface area contributed by atoms with Crippen LogP contribution < -0.4 is 5.32 Å². The summed E-state index contributed by atoms with van der Waals surface area (Å²) in [4.78, 5) is 28.0. The Morgan fingerprint density at radius 1 is 1.33 bits per heavy atom. The summed E-state index contributed by atoms with van der Waals surface area (Å²) < 4.78 is 1.02. The van der Waals surface area contributed by atoms with Gasteiger partial charge in [-0.3, -0.25) is 9.59 Å². The highest BCUT2D eigenvalue weighted by Crippen LogP contribution is 2.32. The van der Waals surface area contributed by atoms with Crippen molar-refractivity contribution in [3.05, 3.63) is 20.8 Å². The van der Waals surface area contributed by atoms with Crippen molar-refractivity contribution in [3.8, 4) is 0 Å². The van der Waals surface area contributed by atoms with Crippen LogP contribution in [0.4, 0.5) is 0 Å². The molecule has 1 atom stereocenters. The van der Waals surface area contributed by atoms with Crippen LogP contribution in [0.1, 0.15) is 39.5 Å². The van der Waals surface area contributed by atoms with E-state index < -0.39 is 11.6 Å². The Balaban J connectivity index is 2.34. The molecule has 1 fully saturated rings. The van der Waals surface area contributed by atoms with Crippen molar-refractivity contribution in [2.24, 2.45) is 5.41 Å². The Labute approximate surface area is 138 Å². The molecule has 1 saturated heterocycles. The largest absolute Gasteiger partial charge is 0.342 e. The van der Waals surface area contributed by atoms with Crippen molar-refractivity contribution in [1.82, 2.24) is 10.2 Å². The Bertz CT molecular complexity index is 574. The summed E-state index contributed by atoms with van der Waals surface area (Å²) in [7, 11) is 0. The highest BCUT2D eigenvalue weighted by molar-refractivity contribution is 9.11. The summed E-state index contributed by atoms with van der Waals surface area (Å²) in [6.45, 7) is 9.95. The Kier molecular flexibility index (Phi) is 4.23. The normalized spacial score (nSPS) is 22.4. The van der Waals surface area contributed by atoms with Crippen molar-refractivity contribution >= 4 is 39.1 Å². The number of hydrogen-bond acceptors (Lipinski definition) is 3. The van der Waals surface area contributed by atoms with Gasteiger partial charge in [0.25, 0.3) is 0 Å². The fourth-order valence-corrected chi connectivity index (χ4v) is 3.85. The number of carbonyl (C=O) groups is 2. The first-order valence-electron chi connectivity index (χ1n) is 6.90. The van der Waals surface area contributed by atoms with Gasteiger partial charge in [0.05, 0.1) is 10.3 Å². The minimum Gasteiger partial charge on any atom is -0.342 e. The average molecular weight is 373 g/mol. The third-order valence-corrected chi connectivity index (χ3v) is 5.44. The smallest absolute Gasteiger partial charge is 0.246 e. The van der Waals surface area contributed by atoms with Gasteiger partial charge in [-0.25, -0.2) is 0 Å². The predicted molar refractivity (Wildman–Crippen MR) is 88.0 cm³/mol. The van der Waals surface area contributed by atoms with Gasteiger partial charge >= 0.3 is 0 Å². The summed E-state index contributed by atoms with van der Waals surface area (Å²) in [6, 6.07) is 3.46. The van der Waals surface area contributed by atoms with Gasteiger partial charge in [0.1, 0.15) is 11.6 Å². The van der Waals surface area contributed by atoms with Gasteiger partial charge in [-0.15, -0.1) is 11.3 Å². The second-order valence-electron chi connectivity index (χ2n) is 6.96. The molecule has 21 heavy (non-hydrogen) atoms. The number of piperazine rings is 1. The van der Waals surface area contributed by atoms with Crippen LogP contribution in [0.3, 0.4) is 0 Å². The predicted octanol–water partition coefficient (Wildman–Crippen LogP) is 3.16. The van der Waals surface area contributed by atoms with Gasteiger partial charge in [0, 0.05) is 4.88 Å². The van der Waals surface area contributed by atoms with Gasteiger partial charge in [0.2, 0.25) is 11.8 Å². The van der Waals surface area contributed by atoms with Gasteiger partial charge in [-0.2, -0.15) is 0 Å². The maximum Gasteiger partial charge on any atom is 0.246 e. The molecule has 4 nitrogen and oxygen atoms in total. The first-order valence-corrected chi connectivity index (χ1v) is 8.51. The summed E-state index contributed by atoms with van der Waals surface area (Å²) in [6.07, 6.45) is 0. The van der Waals surface area contributed by atoms with Crippen molar-refractivity contribution in [2.75, 3.05) is 0 Å². The zero-order valence-electron chi connectivity index (χ0n) is 13.0. The molecule has 6 heteroatoms. The summed E-state index contributed by atoms with van der Waals surface area (Å²) in [5, 5.41) is 2.88. The maximum atomic E-state index is 12.8. The van der Waals surface area contributed by atoms with E-state index in [1.807, 2.05) is 32.9 Å². The monoisotopic (exact) mass is 372 g/mol. The average Bonchev–Trinajstić information content (AvgIpc) is 2.74. The number of carbonyl (C=O) groups excluding carboxylic acids is 2. The third-order valence-electron chi connectivity index (χ3n) is 3.83. The number of halogens is 1. The second kappa shape index (κ2) is 5.39. The molecule has 1 aromatic rings. The molecule has 0 spiro atoms. The molecule has 2 rings (SSSR count). The van der Waals surface area contributed by atoms with Crippen LogP contribution >= 0.6 is 27.3 Å². The quantitative estimate of drug-likeness (QED) is 0.866. The molecule has 116 valence electrons. The minimum absolute atomic E-state index is 0.0170. The standard InChI is InChI=1S/C15H21BrN2O2S/c1-14(2,3)11-12(19)18(15(4,5)13(20)17-11)8-9-6-7-10(16)21-9/h6-7,11H,8H2,1-5H3,(H,17,20). The Morgan fingerprint density at radius 2 is 1.95 bits per heavy atom.